The van der Waals surface area contributed by atoms with E-state index in [1.807, 2.05) is 30.3 Å². The predicted molar refractivity (Wildman–Crippen MR) is 94.9 cm³/mol. The van der Waals surface area contributed by atoms with Crippen molar-refractivity contribution < 1.29 is 23.0 Å². The molecule has 3 rings (SSSR count). The number of ether oxygens (including phenoxy) is 2. The molecule has 2 aromatic rings. The van der Waals surface area contributed by atoms with Crippen LogP contribution in [-0.4, -0.2) is 40.1 Å². The summed E-state index contributed by atoms with van der Waals surface area (Å²) in [5.41, 5.74) is 0.431. The Morgan fingerprint density at radius 2 is 1.76 bits per heavy atom. The van der Waals surface area contributed by atoms with Crippen molar-refractivity contribution in [3.8, 4) is 11.5 Å². The minimum atomic E-state index is -3.55. The first-order valence-electron chi connectivity index (χ1n) is 8.08. The van der Waals surface area contributed by atoms with Gasteiger partial charge in [-0.05, 0) is 30.0 Å². The first kappa shape index (κ1) is 17.8. The summed E-state index contributed by atoms with van der Waals surface area (Å²) in [6.45, 7) is -0.0175. The quantitative estimate of drug-likeness (QED) is 0.819. The Bertz CT molecular complexity index is 847. The highest BCUT2D eigenvalue weighted by molar-refractivity contribution is 7.91. The molecular formula is C19H22O5S. The van der Waals surface area contributed by atoms with Crippen molar-refractivity contribution in [1.29, 1.82) is 0 Å². The molecule has 1 N–H and O–H groups in total. The van der Waals surface area contributed by atoms with Crippen LogP contribution in [0.15, 0.2) is 53.4 Å². The van der Waals surface area contributed by atoms with Gasteiger partial charge in [0.05, 0.1) is 24.9 Å². The van der Waals surface area contributed by atoms with Crippen LogP contribution >= 0.6 is 0 Å². The van der Waals surface area contributed by atoms with Gasteiger partial charge in [-0.15, -0.1) is 0 Å². The van der Waals surface area contributed by atoms with E-state index in [1.54, 1.807) is 6.07 Å². The average Bonchev–Trinajstić information content (AvgIpc) is 3.35. The second-order valence-corrected chi connectivity index (χ2v) is 8.37. The van der Waals surface area contributed by atoms with E-state index < -0.39 is 15.3 Å². The lowest BCUT2D eigenvalue weighted by Gasteiger charge is -2.18. The molecule has 0 bridgehead atoms. The van der Waals surface area contributed by atoms with Crippen LogP contribution in [-0.2, 0) is 15.3 Å². The van der Waals surface area contributed by atoms with Crippen molar-refractivity contribution in [3.05, 3.63) is 54.1 Å². The average molecular weight is 362 g/mol. The zero-order chi connectivity index (χ0) is 18.1. The van der Waals surface area contributed by atoms with E-state index in [9.17, 15) is 13.5 Å². The van der Waals surface area contributed by atoms with E-state index in [1.165, 1.54) is 26.4 Å². The van der Waals surface area contributed by atoms with Gasteiger partial charge in [0.15, 0.2) is 21.3 Å². The van der Waals surface area contributed by atoms with Gasteiger partial charge in [-0.3, -0.25) is 0 Å². The molecule has 1 aliphatic rings. The number of rotatable bonds is 7. The Balaban J connectivity index is 1.95. The number of sulfone groups is 1. The van der Waals surface area contributed by atoms with Crippen molar-refractivity contribution in [2.75, 3.05) is 26.6 Å². The summed E-state index contributed by atoms with van der Waals surface area (Å²) in [6, 6.07) is 14.2. The van der Waals surface area contributed by atoms with Gasteiger partial charge in [0, 0.05) is 18.1 Å². The van der Waals surface area contributed by atoms with Crippen LogP contribution < -0.4 is 9.47 Å². The topological polar surface area (TPSA) is 72.8 Å². The zero-order valence-electron chi connectivity index (χ0n) is 14.3. The van der Waals surface area contributed by atoms with Gasteiger partial charge in [0.1, 0.15) is 0 Å². The summed E-state index contributed by atoms with van der Waals surface area (Å²) in [6.07, 6.45) is 0.667. The fourth-order valence-electron chi connectivity index (χ4n) is 3.44. The number of aliphatic hydroxyl groups excluding tert-OH is 1. The summed E-state index contributed by atoms with van der Waals surface area (Å²) < 4.78 is 36.4. The monoisotopic (exact) mass is 362 g/mol. The second-order valence-electron chi connectivity index (χ2n) is 6.38. The van der Waals surface area contributed by atoms with Gasteiger partial charge in [-0.25, -0.2) is 8.42 Å². The minimum absolute atomic E-state index is 0.0175. The van der Waals surface area contributed by atoms with Crippen molar-refractivity contribution in [1.82, 2.24) is 0 Å². The molecule has 25 heavy (non-hydrogen) atoms. The molecule has 6 heteroatoms. The van der Waals surface area contributed by atoms with Gasteiger partial charge < -0.3 is 14.6 Å². The smallest absolute Gasteiger partial charge is 0.179 e. The van der Waals surface area contributed by atoms with Crippen molar-refractivity contribution in [2.24, 2.45) is 5.92 Å². The van der Waals surface area contributed by atoms with Crippen molar-refractivity contribution in [3.63, 3.8) is 0 Å². The highest BCUT2D eigenvalue weighted by Gasteiger charge is 2.57. The van der Waals surface area contributed by atoms with Gasteiger partial charge >= 0.3 is 0 Å². The third-order valence-electron chi connectivity index (χ3n) is 4.96. The molecule has 0 aliphatic heterocycles. The lowest BCUT2D eigenvalue weighted by Crippen LogP contribution is -2.24. The molecule has 2 unspecified atom stereocenters. The number of benzene rings is 2. The zero-order valence-corrected chi connectivity index (χ0v) is 15.1. The van der Waals surface area contributed by atoms with Gasteiger partial charge in [-0.1, -0.05) is 30.3 Å². The van der Waals surface area contributed by atoms with Gasteiger partial charge in [0.25, 0.3) is 0 Å². The van der Waals surface area contributed by atoms with E-state index in [-0.39, 0.29) is 23.2 Å². The largest absolute Gasteiger partial charge is 0.493 e. The SMILES string of the molecule is COc1ccc(S(=O)(=O)CC2(c3ccccc3)CC2CO)cc1OC. The number of hydrogen-bond acceptors (Lipinski definition) is 5. The van der Waals surface area contributed by atoms with Crippen molar-refractivity contribution in [2.45, 2.75) is 16.7 Å². The van der Waals surface area contributed by atoms with Crippen LogP contribution in [0.5, 0.6) is 11.5 Å². The minimum Gasteiger partial charge on any atom is -0.493 e. The van der Waals surface area contributed by atoms with E-state index >= 15 is 0 Å². The maximum absolute atomic E-state index is 13.0. The lowest BCUT2D eigenvalue weighted by molar-refractivity contribution is 0.266. The number of methoxy groups -OCH3 is 2. The van der Waals surface area contributed by atoms with E-state index in [0.29, 0.717) is 17.9 Å². The summed E-state index contributed by atoms with van der Waals surface area (Å²) >= 11 is 0. The van der Waals surface area contributed by atoms with E-state index in [2.05, 4.69) is 0 Å². The Kier molecular flexibility index (Phi) is 4.75. The molecular weight excluding hydrogens is 340 g/mol. The van der Waals surface area contributed by atoms with E-state index in [0.717, 1.165) is 5.56 Å². The third kappa shape index (κ3) is 3.24. The molecule has 1 saturated carbocycles. The normalized spacial score (nSPS) is 22.4. The molecule has 0 saturated heterocycles. The third-order valence-corrected chi connectivity index (χ3v) is 6.83. The highest BCUT2D eigenvalue weighted by atomic mass is 32.2. The second kappa shape index (κ2) is 6.69. The molecule has 0 radical (unpaired) electrons. The summed E-state index contributed by atoms with van der Waals surface area (Å²) in [7, 11) is -0.570. The van der Waals surface area contributed by atoms with Crippen LogP contribution in [0.1, 0.15) is 12.0 Å². The summed E-state index contributed by atoms with van der Waals surface area (Å²) in [5.74, 6) is 0.792. The summed E-state index contributed by atoms with van der Waals surface area (Å²) in [5, 5.41) is 9.59. The maximum Gasteiger partial charge on any atom is 0.179 e. The molecule has 0 amide bonds. The standard InChI is InChI=1S/C19H22O5S/c1-23-17-9-8-16(10-18(17)24-2)25(21,22)13-19(11-15(19)12-20)14-6-4-3-5-7-14/h3-10,15,20H,11-13H2,1-2H3. The molecule has 2 atom stereocenters. The van der Waals surface area contributed by atoms with Crippen molar-refractivity contribution >= 4 is 9.84 Å². The lowest BCUT2D eigenvalue weighted by atomic mass is 9.95. The molecule has 1 fully saturated rings. The highest BCUT2D eigenvalue weighted by Crippen LogP contribution is 2.55. The fraction of sp³-hybridized carbons (Fsp3) is 0.368. The van der Waals surface area contributed by atoms with Crippen LogP contribution in [0.4, 0.5) is 0 Å². The van der Waals surface area contributed by atoms with Crippen LogP contribution in [0, 0.1) is 5.92 Å². The first-order chi connectivity index (χ1) is 12.0. The van der Waals surface area contributed by atoms with Crippen LogP contribution in [0.2, 0.25) is 0 Å². The molecule has 0 heterocycles. The maximum atomic E-state index is 13.0. The Morgan fingerprint density at radius 1 is 1.08 bits per heavy atom. The van der Waals surface area contributed by atoms with Gasteiger partial charge in [0.2, 0.25) is 0 Å². The van der Waals surface area contributed by atoms with E-state index in [4.69, 9.17) is 9.47 Å². The molecule has 1 aliphatic carbocycles. The summed E-state index contributed by atoms with van der Waals surface area (Å²) in [4.78, 5) is 0.198. The number of hydrogen-bond donors (Lipinski definition) is 1. The molecule has 134 valence electrons. The van der Waals surface area contributed by atoms with Gasteiger partial charge in [-0.2, -0.15) is 0 Å². The Labute approximate surface area is 148 Å². The molecule has 0 spiro atoms. The molecule has 5 nitrogen and oxygen atoms in total. The number of aliphatic hydroxyl groups is 1. The first-order valence-corrected chi connectivity index (χ1v) is 9.73. The molecule has 0 aromatic heterocycles. The molecule has 2 aromatic carbocycles. The Morgan fingerprint density at radius 3 is 2.32 bits per heavy atom. The fourth-order valence-corrected chi connectivity index (χ4v) is 5.36. The predicted octanol–water partition coefficient (Wildman–Crippen LogP) is 2.43. The van der Waals surface area contributed by atoms with Crippen LogP contribution in [0.25, 0.3) is 0 Å². The van der Waals surface area contributed by atoms with Crippen LogP contribution in [0.3, 0.4) is 0 Å². The Hall–Kier alpha value is -2.05.